The maximum atomic E-state index is 9.36. The minimum atomic E-state index is -0.00849. The molecule has 2 aromatic heterocycles. The van der Waals surface area contributed by atoms with Crippen LogP contribution in [-0.4, -0.2) is 31.6 Å². The minimum Gasteiger partial charge on any atom is -0.396 e. The number of rotatable bonds is 4. The third-order valence-corrected chi connectivity index (χ3v) is 3.47. The van der Waals surface area contributed by atoms with Crippen molar-refractivity contribution < 1.29 is 5.11 Å². The van der Waals surface area contributed by atoms with Gasteiger partial charge in [0.2, 0.25) is 0 Å². The molecule has 0 aliphatic heterocycles. The van der Waals surface area contributed by atoms with Crippen LogP contribution in [0.2, 0.25) is 0 Å². The molecule has 3 rings (SSSR count). The van der Waals surface area contributed by atoms with Gasteiger partial charge in [0, 0.05) is 17.7 Å². The summed E-state index contributed by atoms with van der Waals surface area (Å²) < 4.78 is 0. The Morgan fingerprint density at radius 3 is 2.95 bits per heavy atom. The molecule has 0 radical (unpaired) electrons. The first-order chi connectivity index (χ1) is 9.81. The highest BCUT2D eigenvalue weighted by Crippen LogP contribution is 2.23. The van der Waals surface area contributed by atoms with Crippen molar-refractivity contribution in [3.63, 3.8) is 0 Å². The molecule has 2 heterocycles. The van der Waals surface area contributed by atoms with Gasteiger partial charge >= 0.3 is 0 Å². The summed E-state index contributed by atoms with van der Waals surface area (Å²) in [4.78, 5) is 16.1. The smallest absolute Gasteiger partial charge is 0.134 e. The number of H-pyrrole nitrogens is 1. The van der Waals surface area contributed by atoms with Crippen LogP contribution in [-0.2, 0) is 0 Å². The van der Waals surface area contributed by atoms with Crippen LogP contribution in [0.25, 0.3) is 22.3 Å². The number of nitrogens with zero attached hydrogens (tertiary/aromatic N) is 3. The van der Waals surface area contributed by atoms with E-state index < -0.39 is 0 Å². The van der Waals surface area contributed by atoms with Crippen molar-refractivity contribution >= 4 is 11.0 Å². The highest BCUT2D eigenvalue weighted by molar-refractivity contribution is 5.80. The summed E-state index contributed by atoms with van der Waals surface area (Å²) in [5.41, 5.74) is 3.79. The Kier molecular flexibility index (Phi) is 3.43. The van der Waals surface area contributed by atoms with Gasteiger partial charge < -0.3 is 10.1 Å². The number of aliphatic hydroxyl groups is 1. The normalized spacial score (nSPS) is 12.7. The topological polar surface area (TPSA) is 74.7 Å². The Balaban J connectivity index is 2.02. The molecule has 0 saturated carbocycles. The van der Waals surface area contributed by atoms with E-state index in [0.717, 1.165) is 28.7 Å². The third kappa shape index (κ3) is 2.28. The lowest BCUT2D eigenvalue weighted by Crippen LogP contribution is -2.08. The molecule has 0 saturated heterocycles. The van der Waals surface area contributed by atoms with Crippen LogP contribution in [0.1, 0.15) is 25.1 Å². The zero-order valence-electron chi connectivity index (χ0n) is 11.2. The summed E-state index contributed by atoms with van der Waals surface area (Å²) in [6, 6.07) is 7.86. The molecule has 0 spiro atoms. The van der Waals surface area contributed by atoms with Crippen molar-refractivity contribution in [1.29, 1.82) is 0 Å². The number of aliphatic hydroxyl groups excluding tert-OH is 1. The average molecular weight is 268 g/mol. The van der Waals surface area contributed by atoms with E-state index in [1.165, 1.54) is 0 Å². The van der Waals surface area contributed by atoms with Gasteiger partial charge in [-0.2, -0.15) is 0 Å². The highest BCUT2D eigenvalue weighted by Gasteiger charge is 2.12. The molecule has 2 N–H and O–H groups in total. The predicted octanol–water partition coefficient (Wildman–Crippen LogP) is 2.51. The maximum Gasteiger partial charge on any atom is 0.134 e. The van der Waals surface area contributed by atoms with Crippen LogP contribution in [0, 0.1) is 0 Å². The Morgan fingerprint density at radius 1 is 1.25 bits per heavy atom. The van der Waals surface area contributed by atoms with E-state index in [1.807, 2.05) is 31.2 Å². The van der Waals surface area contributed by atoms with Gasteiger partial charge in [-0.05, 0) is 24.6 Å². The number of hydrogen-bond acceptors (Lipinski definition) is 4. The summed E-state index contributed by atoms with van der Waals surface area (Å²) in [6.07, 6.45) is 4.24. The lowest BCUT2D eigenvalue weighted by atomic mass is 10.1. The standard InChI is InChI=1S/C15H16N4O/c1-2-10(8-20)15-16-6-5-12(19-15)11-3-4-13-14(7-11)18-9-17-13/h3-7,9-10,20H,2,8H2,1H3,(H,17,18). The van der Waals surface area contributed by atoms with Crippen molar-refractivity contribution in [2.75, 3.05) is 6.61 Å². The molecule has 0 aliphatic rings. The summed E-state index contributed by atoms with van der Waals surface area (Å²) in [5.74, 6) is 0.683. The highest BCUT2D eigenvalue weighted by atomic mass is 16.3. The third-order valence-electron chi connectivity index (χ3n) is 3.47. The van der Waals surface area contributed by atoms with Crippen molar-refractivity contribution in [3.8, 4) is 11.3 Å². The molecule has 3 aromatic rings. The Labute approximate surface area is 116 Å². The van der Waals surface area contributed by atoms with Crippen molar-refractivity contribution in [2.45, 2.75) is 19.3 Å². The van der Waals surface area contributed by atoms with Crippen LogP contribution in [0.15, 0.2) is 36.8 Å². The van der Waals surface area contributed by atoms with E-state index in [2.05, 4.69) is 19.9 Å². The Hall–Kier alpha value is -2.27. The van der Waals surface area contributed by atoms with E-state index in [-0.39, 0.29) is 12.5 Å². The van der Waals surface area contributed by atoms with E-state index in [4.69, 9.17) is 0 Å². The fourth-order valence-electron chi connectivity index (χ4n) is 2.22. The fraction of sp³-hybridized carbons (Fsp3) is 0.267. The molecular weight excluding hydrogens is 252 g/mol. The number of nitrogens with one attached hydrogen (secondary N) is 1. The van der Waals surface area contributed by atoms with Gasteiger partial charge in [0.15, 0.2) is 0 Å². The quantitative estimate of drug-likeness (QED) is 0.762. The van der Waals surface area contributed by atoms with Crippen molar-refractivity contribution in [1.82, 2.24) is 19.9 Å². The first kappa shape index (κ1) is 12.7. The van der Waals surface area contributed by atoms with Crippen LogP contribution >= 0.6 is 0 Å². The molecule has 102 valence electrons. The van der Waals surface area contributed by atoms with Gasteiger partial charge in [-0.25, -0.2) is 15.0 Å². The van der Waals surface area contributed by atoms with E-state index >= 15 is 0 Å². The van der Waals surface area contributed by atoms with Gasteiger partial charge in [0.05, 0.1) is 29.7 Å². The Bertz CT molecular complexity index is 718. The summed E-state index contributed by atoms with van der Waals surface area (Å²) in [6.45, 7) is 2.09. The van der Waals surface area contributed by atoms with Gasteiger partial charge in [-0.15, -0.1) is 0 Å². The van der Waals surface area contributed by atoms with Crippen LogP contribution in [0.5, 0.6) is 0 Å². The van der Waals surface area contributed by atoms with Crippen LogP contribution in [0.3, 0.4) is 0 Å². The Morgan fingerprint density at radius 2 is 2.15 bits per heavy atom. The molecule has 5 heteroatoms. The van der Waals surface area contributed by atoms with Gasteiger partial charge in [0.25, 0.3) is 0 Å². The van der Waals surface area contributed by atoms with E-state index in [0.29, 0.717) is 5.82 Å². The molecule has 0 fully saturated rings. The average Bonchev–Trinajstić information content (AvgIpc) is 2.96. The fourth-order valence-corrected chi connectivity index (χ4v) is 2.22. The predicted molar refractivity (Wildman–Crippen MR) is 77.2 cm³/mol. The molecule has 0 amide bonds. The second-order valence-electron chi connectivity index (χ2n) is 4.72. The van der Waals surface area contributed by atoms with Crippen LogP contribution in [0.4, 0.5) is 0 Å². The molecule has 0 aliphatic carbocycles. The van der Waals surface area contributed by atoms with E-state index in [1.54, 1.807) is 12.5 Å². The first-order valence-electron chi connectivity index (χ1n) is 6.69. The van der Waals surface area contributed by atoms with Gasteiger partial charge in [-0.3, -0.25) is 0 Å². The second kappa shape index (κ2) is 5.38. The summed E-state index contributed by atoms with van der Waals surface area (Å²) >= 11 is 0. The molecule has 1 aromatic carbocycles. The van der Waals surface area contributed by atoms with Crippen molar-refractivity contribution in [3.05, 3.63) is 42.6 Å². The number of hydrogen-bond donors (Lipinski definition) is 2. The first-order valence-corrected chi connectivity index (χ1v) is 6.69. The summed E-state index contributed by atoms with van der Waals surface area (Å²) in [7, 11) is 0. The molecule has 0 bridgehead atoms. The zero-order chi connectivity index (χ0) is 13.9. The number of benzene rings is 1. The van der Waals surface area contributed by atoms with E-state index in [9.17, 15) is 5.11 Å². The molecule has 20 heavy (non-hydrogen) atoms. The van der Waals surface area contributed by atoms with Gasteiger partial charge in [-0.1, -0.05) is 13.0 Å². The number of imidazole rings is 1. The lowest BCUT2D eigenvalue weighted by molar-refractivity contribution is 0.257. The largest absolute Gasteiger partial charge is 0.396 e. The summed E-state index contributed by atoms with van der Waals surface area (Å²) in [5, 5.41) is 9.36. The molecule has 1 atom stereocenters. The minimum absolute atomic E-state index is 0.00849. The number of aromatic amines is 1. The molecule has 5 nitrogen and oxygen atoms in total. The molecular formula is C15H16N4O. The number of aromatic nitrogens is 4. The second-order valence-corrected chi connectivity index (χ2v) is 4.72. The zero-order valence-corrected chi connectivity index (χ0v) is 11.2. The monoisotopic (exact) mass is 268 g/mol. The number of fused-ring (bicyclic) bond motifs is 1. The molecule has 1 unspecified atom stereocenters. The SMILES string of the molecule is CCC(CO)c1nccc(-c2ccc3nc[nH]c3c2)n1. The maximum absolute atomic E-state index is 9.36. The lowest BCUT2D eigenvalue weighted by Gasteiger charge is -2.11. The van der Waals surface area contributed by atoms with Crippen molar-refractivity contribution in [2.24, 2.45) is 0 Å². The van der Waals surface area contributed by atoms with Gasteiger partial charge in [0.1, 0.15) is 5.82 Å². The van der Waals surface area contributed by atoms with Crippen LogP contribution < -0.4 is 0 Å².